The third-order valence-corrected chi connectivity index (χ3v) is 8.12. The minimum atomic E-state index is -1.24. The molecule has 1 aromatic carbocycles. The van der Waals surface area contributed by atoms with E-state index in [1.54, 1.807) is 29.2 Å². The summed E-state index contributed by atoms with van der Waals surface area (Å²) < 4.78 is 0. The van der Waals surface area contributed by atoms with Crippen LogP contribution in [0, 0.1) is 5.92 Å². The van der Waals surface area contributed by atoms with Gasteiger partial charge in [-0.15, -0.1) is 0 Å². The highest BCUT2D eigenvalue weighted by atomic mass is 16.4. The van der Waals surface area contributed by atoms with Crippen molar-refractivity contribution in [3.05, 3.63) is 35.4 Å². The summed E-state index contributed by atoms with van der Waals surface area (Å²) in [6.07, 6.45) is 6.17. The number of amides is 3. The van der Waals surface area contributed by atoms with Gasteiger partial charge in [0.1, 0.15) is 0 Å². The van der Waals surface area contributed by atoms with E-state index < -0.39 is 73.8 Å². The Hall–Kier alpha value is -4.65. The zero-order chi connectivity index (χ0) is 37.1. The molecule has 3 amide bonds. The first kappa shape index (κ1) is 41.5. The zero-order valence-electron chi connectivity index (χ0n) is 28.1. The van der Waals surface area contributed by atoms with E-state index >= 15 is 0 Å². The molecule has 0 heterocycles. The summed E-state index contributed by atoms with van der Waals surface area (Å²) in [5.74, 6) is -5.87. The fraction of sp³-hybridized carbons (Fsp3) is 0.594. The molecular weight excluding hydrogens is 658 g/mol. The largest absolute Gasteiger partial charge is 0.480 e. The van der Waals surface area contributed by atoms with E-state index in [1.807, 2.05) is 0 Å². The second kappa shape index (κ2) is 22.1. The molecule has 1 aromatic rings. The molecule has 0 aliphatic heterocycles. The Balaban J connectivity index is 1.89. The number of nitrogens with zero attached hydrogens (tertiary/aromatic N) is 3. The maximum Gasteiger partial charge on any atom is 0.317 e. The quantitative estimate of drug-likeness (QED) is 0.0604. The predicted octanol–water partition coefficient (Wildman–Crippen LogP) is -1.47. The molecule has 1 aliphatic rings. The second-order valence-corrected chi connectivity index (χ2v) is 12.4. The first-order valence-corrected chi connectivity index (χ1v) is 16.4. The van der Waals surface area contributed by atoms with E-state index in [9.17, 15) is 33.6 Å². The maximum absolute atomic E-state index is 12.9. The van der Waals surface area contributed by atoms with Gasteiger partial charge in [-0.05, 0) is 23.5 Å². The molecular formula is C32H49N7O11. The number of carbonyl (C=O) groups is 7. The van der Waals surface area contributed by atoms with Crippen LogP contribution < -0.4 is 21.9 Å². The van der Waals surface area contributed by atoms with Crippen molar-refractivity contribution in [3.63, 3.8) is 0 Å². The highest BCUT2D eigenvalue weighted by Crippen LogP contribution is 2.26. The number of carboxylic acids is 4. The number of nitrogens with two attached hydrogens (primary N) is 1. The van der Waals surface area contributed by atoms with Crippen molar-refractivity contribution >= 4 is 41.6 Å². The molecule has 0 spiro atoms. The van der Waals surface area contributed by atoms with Gasteiger partial charge in [-0.3, -0.25) is 59.1 Å². The number of hydrogen-bond acceptors (Lipinski definition) is 11. The van der Waals surface area contributed by atoms with Gasteiger partial charge in [0.2, 0.25) is 11.8 Å². The van der Waals surface area contributed by atoms with Crippen molar-refractivity contribution < 1.29 is 54.0 Å². The topological polar surface area (TPSA) is 272 Å². The summed E-state index contributed by atoms with van der Waals surface area (Å²) in [4.78, 5) is 86.2. The normalized spacial score (nSPS) is 13.9. The Kier molecular flexibility index (Phi) is 18.4. The van der Waals surface area contributed by atoms with Crippen LogP contribution in [-0.2, 0) is 46.5 Å². The van der Waals surface area contributed by atoms with Crippen molar-refractivity contribution in [1.29, 1.82) is 0 Å². The van der Waals surface area contributed by atoms with Crippen LogP contribution >= 0.6 is 0 Å². The summed E-state index contributed by atoms with van der Waals surface area (Å²) in [7, 11) is 0. The first-order chi connectivity index (χ1) is 23.7. The standard InChI is InChI=1S/C32H49N7O11/c33-25(14-22-4-2-1-3-5-22)32(50)36-35-26(40)15-23-6-8-24(9-7-23)16-34-27(41)17-37(10-12-38(18-28(42)43)19-29(44)45)11-13-39(20-30(46)47)21-31(48)49/h6-9,22,25H,1-5,10-21,33H2,(H,34,41)(H,35,40)(H,36,50)(H,42,43)(H,44,45)(H,46,47)(H,48,49)/t25-/m1/s1. The smallest absolute Gasteiger partial charge is 0.317 e. The van der Waals surface area contributed by atoms with Gasteiger partial charge in [-0.25, -0.2) is 0 Å². The Labute approximate surface area is 289 Å². The number of carbonyl (C=O) groups excluding carboxylic acids is 3. The van der Waals surface area contributed by atoms with Gasteiger partial charge >= 0.3 is 23.9 Å². The Bertz CT molecular complexity index is 1230. The van der Waals surface area contributed by atoms with E-state index in [4.69, 9.17) is 26.2 Å². The minimum absolute atomic E-state index is 0.0126. The lowest BCUT2D eigenvalue weighted by atomic mass is 9.85. The van der Waals surface area contributed by atoms with Crippen LogP contribution in [0.25, 0.3) is 0 Å². The van der Waals surface area contributed by atoms with Crippen LogP contribution in [0.4, 0.5) is 0 Å². The van der Waals surface area contributed by atoms with E-state index in [0.29, 0.717) is 23.5 Å². The monoisotopic (exact) mass is 707 g/mol. The van der Waals surface area contributed by atoms with Crippen molar-refractivity contribution in [2.45, 2.75) is 57.5 Å². The number of benzene rings is 1. The molecule has 18 heteroatoms. The fourth-order valence-corrected chi connectivity index (χ4v) is 5.61. The number of nitrogens with one attached hydrogen (secondary N) is 3. The van der Waals surface area contributed by atoms with Crippen molar-refractivity contribution in [2.75, 3.05) is 58.9 Å². The highest BCUT2D eigenvalue weighted by molar-refractivity contribution is 5.86. The average Bonchev–Trinajstić information content (AvgIpc) is 3.03. The zero-order valence-corrected chi connectivity index (χ0v) is 28.1. The van der Waals surface area contributed by atoms with Crippen molar-refractivity contribution in [3.8, 4) is 0 Å². The molecule has 1 atom stereocenters. The highest BCUT2D eigenvalue weighted by Gasteiger charge is 2.22. The molecule has 2 rings (SSSR count). The van der Waals surface area contributed by atoms with Crippen LogP contribution in [0.1, 0.15) is 49.7 Å². The number of rotatable bonds is 23. The van der Waals surface area contributed by atoms with Crippen molar-refractivity contribution in [1.82, 2.24) is 30.9 Å². The van der Waals surface area contributed by atoms with Gasteiger partial charge in [-0.2, -0.15) is 0 Å². The van der Waals surface area contributed by atoms with E-state index in [1.165, 1.54) is 6.42 Å². The lowest BCUT2D eigenvalue weighted by molar-refractivity contribution is -0.143. The molecule has 1 saturated carbocycles. The molecule has 0 unspecified atom stereocenters. The molecule has 1 aliphatic carbocycles. The van der Waals surface area contributed by atoms with Gasteiger partial charge in [-0.1, -0.05) is 56.4 Å². The Morgan fingerprint density at radius 1 is 0.640 bits per heavy atom. The van der Waals surface area contributed by atoms with Crippen LogP contribution in [0.5, 0.6) is 0 Å². The van der Waals surface area contributed by atoms with Gasteiger partial charge in [0.05, 0.1) is 45.2 Å². The molecule has 278 valence electrons. The van der Waals surface area contributed by atoms with Crippen LogP contribution in [0.2, 0.25) is 0 Å². The van der Waals surface area contributed by atoms with E-state index in [2.05, 4.69) is 16.2 Å². The first-order valence-electron chi connectivity index (χ1n) is 16.4. The summed E-state index contributed by atoms with van der Waals surface area (Å²) in [6, 6.07) is 6.12. The third kappa shape index (κ3) is 18.2. The molecule has 0 radical (unpaired) electrons. The Morgan fingerprint density at radius 3 is 1.58 bits per heavy atom. The summed E-state index contributed by atoms with van der Waals surface area (Å²) in [5.41, 5.74) is 12.2. The summed E-state index contributed by atoms with van der Waals surface area (Å²) >= 11 is 0. The van der Waals surface area contributed by atoms with Crippen LogP contribution in [0.15, 0.2) is 24.3 Å². The number of carboxylic acid groups (broad SMARTS) is 4. The lowest BCUT2D eigenvalue weighted by Crippen LogP contribution is -2.50. The SMILES string of the molecule is N[C@H](CC1CCCCC1)C(=O)NNC(=O)Cc1ccc(CNC(=O)CN(CCN(CC(=O)O)CC(=O)O)CCN(CC(=O)O)CC(=O)O)cc1. The van der Waals surface area contributed by atoms with E-state index in [-0.39, 0.29) is 45.7 Å². The number of aliphatic carboxylic acids is 4. The van der Waals surface area contributed by atoms with Crippen molar-refractivity contribution in [2.24, 2.45) is 11.7 Å². The lowest BCUT2D eigenvalue weighted by Gasteiger charge is -2.28. The maximum atomic E-state index is 12.9. The molecule has 9 N–H and O–H groups in total. The van der Waals surface area contributed by atoms with Crippen LogP contribution in [0.3, 0.4) is 0 Å². The van der Waals surface area contributed by atoms with Crippen LogP contribution in [-0.4, -0.2) is 142 Å². The molecule has 0 aromatic heterocycles. The number of hydrazine groups is 1. The summed E-state index contributed by atoms with van der Waals surface area (Å²) in [5, 5.41) is 39.3. The molecule has 50 heavy (non-hydrogen) atoms. The third-order valence-electron chi connectivity index (χ3n) is 8.12. The van der Waals surface area contributed by atoms with Gasteiger partial charge in [0.15, 0.2) is 0 Å². The molecule has 0 bridgehead atoms. The average molecular weight is 708 g/mol. The molecule has 1 fully saturated rings. The molecule has 18 nitrogen and oxygen atoms in total. The van der Waals surface area contributed by atoms with E-state index in [0.717, 1.165) is 35.5 Å². The van der Waals surface area contributed by atoms with Gasteiger partial charge in [0, 0.05) is 32.7 Å². The number of hydrogen-bond donors (Lipinski definition) is 8. The fourth-order valence-electron chi connectivity index (χ4n) is 5.61. The predicted molar refractivity (Wildman–Crippen MR) is 177 cm³/mol. The second-order valence-electron chi connectivity index (χ2n) is 12.4. The Morgan fingerprint density at radius 2 is 1.10 bits per heavy atom. The van der Waals surface area contributed by atoms with Gasteiger partial charge in [0.25, 0.3) is 5.91 Å². The minimum Gasteiger partial charge on any atom is -0.480 e. The summed E-state index contributed by atoms with van der Waals surface area (Å²) in [6.45, 7) is -2.37. The van der Waals surface area contributed by atoms with Gasteiger partial charge < -0.3 is 31.5 Å². The molecule has 0 saturated heterocycles.